The zero-order valence-electron chi connectivity index (χ0n) is 19.0. The molecule has 2 rings (SSSR count). The standard InChI is InChI=1S/C23H32NO5PS/c1-7-23(30(25,28-18(2)3)29-19(4)5)24(17-21-11-9-8-10-12-21)31(26,27)22-15-13-20(6)14-16-22/h7-16,18-19H,17H2,1-6H3/b23-7-. The Hall–Kier alpha value is -1.92. The van der Waals surface area contributed by atoms with E-state index >= 15 is 0 Å². The lowest BCUT2D eigenvalue weighted by molar-refractivity contribution is 0.143. The van der Waals surface area contributed by atoms with Crippen molar-refractivity contribution >= 4 is 17.6 Å². The lowest BCUT2D eigenvalue weighted by Gasteiger charge is -2.32. The van der Waals surface area contributed by atoms with Gasteiger partial charge in [-0.1, -0.05) is 54.1 Å². The molecule has 0 atom stereocenters. The highest BCUT2D eigenvalue weighted by Gasteiger charge is 2.41. The molecular formula is C23H32NO5PS. The van der Waals surface area contributed by atoms with Gasteiger partial charge < -0.3 is 9.05 Å². The zero-order chi connectivity index (χ0) is 23.2. The lowest BCUT2D eigenvalue weighted by atomic mass is 10.2. The first-order chi connectivity index (χ1) is 14.5. The van der Waals surface area contributed by atoms with E-state index in [4.69, 9.17) is 9.05 Å². The number of nitrogens with zero attached hydrogens (tertiary/aromatic N) is 1. The number of sulfonamides is 1. The first-order valence-corrected chi connectivity index (χ1v) is 13.2. The van der Waals surface area contributed by atoms with E-state index in [1.54, 1.807) is 58.9 Å². The van der Waals surface area contributed by atoms with Crippen LogP contribution in [0.4, 0.5) is 0 Å². The van der Waals surface area contributed by atoms with Gasteiger partial charge in [0.2, 0.25) is 0 Å². The molecule has 8 heteroatoms. The molecular weight excluding hydrogens is 433 g/mol. The van der Waals surface area contributed by atoms with Gasteiger partial charge in [0.05, 0.1) is 23.6 Å². The summed E-state index contributed by atoms with van der Waals surface area (Å²) in [5.74, 6) is 0. The van der Waals surface area contributed by atoms with E-state index in [0.29, 0.717) is 0 Å². The van der Waals surface area contributed by atoms with Crippen molar-refractivity contribution < 1.29 is 22.0 Å². The van der Waals surface area contributed by atoms with Gasteiger partial charge in [0, 0.05) is 0 Å². The Morgan fingerprint density at radius 2 is 1.48 bits per heavy atom. The van der Waals surface area contributed by atoms with Crippen LogP contribution in [0.25, 0.3) is 0 Å². The number of aryl methyl sites for hydroxylation is 1. The predicted octanol–water partition coefficient (Wildman–Crippen LogP) is 6.09. The summed E-state index contributed by atoms with van der Waals surface area (Å²) in [7, 11) is -8.00. The summed E-state index contributed by atoms with van der Waals surface area (Å²) < 4.78 is 53.9. The fraction of sp³-hybridized carbons (Fsp3) is 0.391. The number of benzene rings is 2. The Bertz CT molecular complexity index is 1020. The topological polar surface area (TPSA) is 72.9 Å². The minimum atomic E-state index is -4.05. The van der Waals surface area contributed by atoms with Crippen molar-refractivity contribution in [2.24, 2.45) is 0 Å². The molecule has 0 N–H and O–H groups in total. The molecule has 2 aromatic carbocycles. The largest absolute Gasteiger partial charge is 0.378 e. The summed E-state index contributed by atoms with van der Waals surface area (Å²) in [6.07, 6.45) is 0.639. The number of allylic oxidation sites excluding steroid dienone is 1. The maximum Gasteiger partial charge on any atom is 0.378 e. The molecule has 0 aromatic heterocycles. The van der Waals surface area contributed by atoms with E-state index in [2.05, 4.69) is 0 Å². The maximum atomic E-state index is 13.9. The van der Waals surface area contributed by atoms with Crippen LogP contribution in [0.3, 0.4) is 0 Å². The highest BCUT2D eigenvalue weighted by atomic mass is 32.2. The van der Waals surface area contributed by atoms with Gasteiger partial charge in [0.1, 0.15) is 5.44 Å². The van der Waals surface area contributed by atoms with Crippen LogP contribution in [0.5, 0.6) is 0 Å². The van der Waals surface area contributed by atoms with E-state index in [9.17, 15) is 13.0 Å². The van der Waals surface area contributed by atoms with Gasteiger partial charge in [-0.2, -0.15) is 0 Å². The normalized spacial score (nSPS) is 13.1. The summed E-state index contributed by atoms with van der Waals surface area (Å²) >= 11 is 0. The van der Waals surface area contributed by atoms with Crippen LogP contribution < -0.4 is 0 Å². The molecule has 0 saturated heterocycles. The Balaban J connectivity index is 2.66. The quantitative estimate of drug-likeness (QED) is 0.397. The van der Waals surface area contributed by atoms with Gasteiger partial charge in [-0.25, -0.2) is 8.42 Å². The van der Waals surface area contributed by atoms with Crippen molar-refractivity contribution in [2.45, 2.75) is 65.2 Å². The van der Waals surface area contributed by atoms with E-state index in [-0.39, 0.29) is 16.9 Å². The van der Waals surface area contributed by atoms with E-state index in [0.717, 1.165) is 15.4 Å². The second-order valence-electron chi connectivity index (χ2n) is 7.76. The van der Waals surface area contributed by atoms with E-state index in [1.807, 2.05) is 37.3 Å². The van der Waals surface area contributed by atoms with E-state index < -0.39 is 29.8 Å². The van der Waals surface area contributed by atoms with Crippen LogP contribution in [0.2, 0.25) is 0 Å². The second kappa shape index (κ2) is 10.6. The van der Waals surface area contributed by atoms with Crippen molar-refractivity contribution in [1.82, 2.24) is 4.31 Å². The summed E-state index contributed by atoms with van der Waals surface area (Å²) in [4.78, 5) is 0.106. The van der Waals surface area contributed by atoms with Crippen LogP contribution in [-0.2, 0) is 30.2 Å². The molecule has 31 heavy (non-hydrogen) atoms. The molecule has 0 radical (unpaired) electrons. The third-order valence-corrected chi connectivity index (χ3v) is 8.64. The minimum absolute atomic E-state index is 0.000622. The van der Waals surface area contributed by atoms with Crippen LogP contribution in [-0.4, -0.2) is 24.9 Å². The van der Waals surface area contributed by atoms with Crippen LogP contribution in [0.1, 0.15) is 45.7 Å². The summed E-state index contributed by atoms with van der Waals surface area (Å²) in [5.41, 5.74) is 1.69. The van der Waals surface area contributed by atoms with Gasteiger partial charge in [-0.15, -0.1) is 0 Å². The van der Waals surface area contributed by atoms with Crippen LogP contribution in [0.15, 0.2) is 71.0 Å². The average Bonchev–Trinajstić information content (AvgIpc) is 2.67. The van der Waals surface area contributed by atoms with Crippen molar-refractivity contribution in [3.8, 4) is 0 Å². The highest BCUT2D eigenvalue weighted by molar-refractivity contribution is 7.89. The maximum absolute atomic E-state index is 13.9. The molecule has 0 bridgehead atoms. The van der Waals surface area contributed by atoms with Gasteiger partial charge in [-0.05, 0) is 59.2 Å². The summed E-state index contributed by atoms with van der Waals surface area (Å²) in [6.45, 7) is 10.5. The second-order valence-corrected chi connectivity index (χ2v) is 11.5. The number of hydrogen-bond acceptors (Lipinski definition) is 5. The molecule has 0 aliphatic carbocycles. The SMILES string of the molecule is C/C=C(/N(Cc1ccccc1)S(=O)(=O)c1ccc(C)cc1)P(=O)(OC(C)C)OC(C)C. The molecule has 0 amide bonds. The molecule has 6 nitrogen and oxygen atoms in total. The fourth-order valence-electron chi connectivity index (χ4n) is 3.00. The third-order valence-electron chi connectivity index (χ3n) is 4.27. The lowest BCUT2D eigenvalue weighted by Crippen LogP contribution is -2.31. The van der Waals surface area contributed by atoms with Crippen molar-refractivity contribution in [2.75, 3.05) is 0 Å². The molecule has 170 valence electrons. The Morgan fingerprint density at radius 3 is 1.94 bits per heavy atom. The molecule has 0 aliphatic rings. The third kappa shape index (κ3) is 6.53. The smallest absolute Gasteiger partial charge is 0.301 e. The molecule has 0 aliphatic heterocycles. The predicted molar refractivity (Wildman–Crippen MR) is 124 cm³/mol. The van der Waals surface area contributed by atoms with Crippen LogP contribution >= 0.6 is 7.60 Å². The zero-order valence-corrected chi connectivity index (χ0v) is 20.7. The van der Waals surface area contributed by atoms with Crippen molar-refractivity contribution in [3.05, 3.63) is 77.2 Å². The van der Waals surface area contributed by atoms with Gasteiger partial charge in [0.15, 0.2) is 0 Å². The molecule has 0 unspecified atom stereocenters. The Labute approximate surface area is 186 Å². The molecule has 0 saturated carbocycles. The first-order valence-electron chi connectivity index (χ1n) is 10.3. The van der Waals surface area contributed by atoms with Gasteiger partial charge >= 0.3 is 7.60 Å². The summed E-state index contributed by atoms with van der Waals surface area (Å²) in [6, 6.07) is 15.7. The average molecular weight is 466 g/mol. The first kappa shape index (κ1) is 25.3. The van der Waals surface area contributed by atoms with Gasteiger partial charge in [0.25, 0.3) is 10.0 Å². The fourth-order valence-corrected chi connectivity index (χ4v) is 7.07. The Kier molecular flexibility index (Phi) is 8.66. The minimum Gasteiger partial charge on any atom is -0.301 e. The van der Waals surface area contributed by atoms with E-state index in [1.165, 1.54) is 6.08 Å². The number of hydrogen-bond donors (Lipinski definition) is 0. The molecule has 2 aromatic rings. The monoisotopic (exact) mass is 465 g/mol. The highest BCUT2D eigenvalue weighted by Crippen LogP contribution is 2.60. The van der Waals surface area contributed by atoms with Crippen LogP contribution in [0, 0.1) is 6.92 Å². The van der Waals surface area contributed by atoms with Crippen molar-refractivity contribution in [3.63, 3.8) is 0 Å². The van der Waals surface area contributed by atoms with Gasteiger partial charge in [-0.3, -0.25) is 8.87 Å². The molecule has 0 heterocycles. The number of rotatable bonds is 10. The van der Waals surface area contributed by atoms with Crippen molar-refractivity contribution in [1.29, 1.82) is 0 Å². The molecule has 0 spiro atoms. The molecule has 0 fully saturated rings. The Morgan fingerprint density at radius 1 is 0.968 bits per heavy atom. The summed E-state index contributed by atoms with van der Waals surface area (Å²) in [5, 5.41) is 0.